The summed E-state index contributed by atoms with van der Waals surface area (Å²) in [6, 6.07) is 9.90. The highest BCUT2D eigenvalue weighted by atomic mass is 16.5. The molecule has 0 saturated carbocycles. The van der Waals surface area contributed by atoms with Crippen LogP contribution in [0.2, 0.25) is 0 Å². The van der Waals surface area contributed by atoms with Crippen LogP contribution in [-0.2, 0) is 6.54 Å². The summed E-state index contributed by atoms with van der Waals surface area (Å²) in [4.78, 5) is 36.1. The van der Waals surface area contributed by atoms with Crippen molar-refractivity contribution in [1.29, 1.82) is 0 Å². The Morgan fingerprint density at radius 2 is 1.91 bits per heavy atom. The number of ether oxygens (including phenoxy) is 1. The second kappa shape index (κ2) is 6.39. The maximum Gasteiger partial charge on any atom is 0.262 e. The van der Waals surface area contributed by atoms with Crippen molar-refractivity contribution in [2.45, 2.75) is 20.4 Å². The van der Waals surface area contributed by atoms with Gasteiger partial charge in [-0.05, 0) is 38.1 Å². The summed E-state index contributed by atoms with van der Waals surface area (Å²) in [5.74, 6) is 0.0461. The van der Waals surface area contributed by atoms with Gasteiger partial charge in [0.15, 0.2) is 11.6 Å². The van der Waals surface area contributed by atoms with E-state index in [4.69, 9.17) is 4.74 Å². The third-order valence-electron chi connectivity index (χ3n) is 3.47. The fourth-order valence-corrected chi connectivity index (χ4v) is 2.17. The zero-order valence-corrected chi connectivity index (χ0v) is 12.8. The van der Waals surface area contributed by atoms with Gasteiger partial charge in [0.1, 0.15) is 5.75 Å². The number of carbonyl (C=O) groups excluding carboxylic acids is 2. The smallest absolute Gasteiger partial charge is 0.262 e. The van der Waals surface area contributed by atoms with Gasteiger partial charge in [-0.15, -0.1) is 0 Å². The first-order chi connectivity index (χ1) is 10.4. The van der Waals surface area contributed by atoms with Gasteiger partial charge in [-0.25, -0.2) is 0 Å². The van der Waals surface area contributed by atoms with Crippen molar-refractivity contribution < 1.29 is 14.3 Å². The van der Waals surface area contributed by atoms with Gasteiger partial charge in [0.05, 0.1) is 19.2 Å². The molecule has 2 aromatic rings. The second-order valence-electron chi connectivity index (χ2n) is 4.99. The molecule has 0 aliphatic rings. The van der Waals surface area contributed by atoms with E-state index in [1.165, 1.54) is 24.7 Å². The number of methoxy groups -OCH3 is 1. The highest BCUT2D eigenvalue weighted by Gasteiger charge is 2.14. The topological polar surface area (TPSA) is 65.4 Å². The van der Waals surface area contributed by atoms with Crippen LogP contribution < -0.4 is 10.3 Å². The molecule has 2 rings (SSSR count). The molecular formula is C17H17NO4. The average Bonchev–Trinajstić information content (AvgIpc) is 2.50. The molecule has 0 aliphatic carbocycles. The van der Waals surface area contributed by atoms with Crippen LogP contribution in [0, 0.1) is 6.92 Å². The summed E-state index contributed by atoms with van der Waals surface area (Å²) in [7, 11) is 1.52. The number of Topliss-reactive ketones (excluding diaryl/α,β-unsaturated/α-hetero) is 2. The minimum absolute atomic E-state index is 0.0871. The second-order valence-corrected chi connectivity index (χ2v) is 4.99. The van der Waals surface area contributed by atoms with Crippen LogP contribution in [0.1, 0.15) is 33.3 Å². The first-order valence-electron chi connectivity index (χ1n) is 6.82. The van der Waals surface area contributed by atoms with Gasteiger partial charge in [-0.3, -0.25) is 14.4 Å². The Labute approximate surface area is 128 Å². The van der Waals surface area contributed by atoms with E-state index >= 15 is 0 Å². The van der Waals surface area contributed by atoms with Gasteiger partial charge >= 0.3 is 0 Å². The molecule has 0 radical (unpaired) electrons. The standard InChI is InChI=1S/C17H17NO4/c1-11-7-8-15(12(2)19)17(21)18(11)10-16(20)13-5-4-6-14(9-13)22-3/h4-9H,10H2,1-3H3. The largest absolute Gasteiger partial charge is 0.497 e. The maximum absolute atomic E-state index is 12.4. The van der Waals surface area contributed by atoms with Crippen LogP contribution >= 0.6 is 0 Å². The normalized spacial score (nSPS) is 10.3. The van der Waals surface area contributed by atoms with E-state index in [-0.39, 0.29) is 23.7 Å². The van der Waals surface area contributed by atoms with Gasteiger partial charge < -0.3 is 9.30 Å². The van der Waals surface area contributed by atoms with Crippen molar-refractivity contribution in [1.82, 2.24) is 4.57 Å². The van der Waals surface area contributed by atoms with E-state index in [0.29, 0.717) is 17.0 Å². The molecule has 0 aliphatic heterocycles. The Bertz CT molecular complexity index is 789. The molecule has 5 heteroatoms. The minimum Gasteiger partial charge on any atom is -0.497 e. The van der Waals surface area contributed by atoms with Crippen molar-refractivity contribution in [2.75, 3.05) is 7.11 Å². The molecule has 1 heterocycles. The fourth-order valence-electron chi connectivity index (χ4n) is 2.17. The molecule has 0 unspecified atom stereocenters. The molecule has 0 N–H and O–H groups in total. The Balaban J connectivity index is 2.38. The number of pyridine rings is 1. The van der Waals surface area contributed by atoms with Crippen molar-refractivity contribution >= 4 is 11.6 Å². The predicted molar refractivity (Wildman–Crippen MR) is 82.8 cm³/mol. The first-order valence-corrected chi connectivity index (χ1v) is 6.82. The Kier molecular flexibility index (Phi) is 4.56. The lowest BCUT2D eigenvalue weighted by Gasteiger charge is -2.11. The van der Waals surface area contributed by atoms with Crippen LogP contribution in [0.25, 0.3) is 0 Å². The molecule has 0 amide bonds. The van der Waals surface area contributed by atoms with Gasteiger partial charge in [0, 0.05) is 11.3 Å². The lowest BCUT2D eigenvalue weighted by molar-refractivity contribution is 0.0964. The van der Waals surface area contributed by atoms with Gasteiger partial charge in [-0.2, -0.15) is 0 Å². The highest BCUT2D eigenvalue weighted by molar-refractivity contribution is 5.96. The van der Waals surface area contributed by atoms with Gasteiger partial charge in [0.2, 0.25) is 0 Å². The Morgan fingerprint density at radius 3 is 2.55 bits per heavy atom. The summed E-state index contributed by atoms with van der Waals surface area (Å²) >= 11 is 0. The monoisotopic (exact) mass is 299 g/mol. The van der Waals surface area contributed by atoms with E-state index in [9.17, 15) is 14.4 Å². The molecule has 0 fully saturated rings. The molecule has 1 aromatic heterocycles. The average molecular weight is 299 g/mol. The zero-order valence-electron chi connectivity index (χ0n) is 12.8. The summed E-state index contributed by atoms with van der Waals surface area (Å²) in [5, 5.41) is 0. The number of benzene rings is 1. The molecule has 0 atom stereocenters. The molecule has 5 nitrogen and oxygen atoms in total. The summed E-state index contributed by atoms with van der Waals surface area (Å²) in [6.07, 6.45) is 0. The van der Waals surface area contributed by atoms with Crippen LogP contribution in [0.3, 0.4) is 0 Å². The summed E-state index contributed by atoms with van der Waals surface area (Å²) in [5.41, 5.74) is 0.734. The molecule has 0 bridgehead atoms. The SMILES string of the molecule is COc1cccc(C(=O)Cn2c(C)ccc(C(C)=O)c2=O)c1. The van der Waals surface area contributed by atoms with Crippen molar-refractivity contribution in [2.24, 2.45) is 0 Å². The van der Waals surface area contributed by atoms with Crippen LogP contribution in [0.4, 0.5) is 0 Å². The summed E-state index contributed by atoms with van der Waals surface area (Å²) < 4.78 is 6.41. The third kappa shape index (κ3) is 3.14. The number of aromatic nitrogens is 1. The first kappa shape index (κ1) is 15.7. The van der Waals surface area contributed by atoms with Crippen molar-refractivity contribution in [3.63, 3.8) is 0 Å². The fraction of sp³-hybridized carbons (Fsp3) is 0.235. The molecular weight excluding hydrogens is 282 g/mol. The molecule has 0 saturated heterocycles. The number of rotatable bonds is 5. The zero-order chi connectivity index (χ0) is 16.3. The predicted octanol–water partition coefficient (Wildman–Crippen LogP) is 2.25. The lowest BCUT2D eigenvalue weighted by atomic mass is 10.1. The molecule has 22 heavy (non-hydrogen) atoms. The van der Waals surface area contributed by atoms with Crippen molar-refractivity contribution in [3.8, 4) is 5.75 Å². The van der Waals surface area contributed by atoms with Crippen LogP contribution in [0.15, 0.2) is 41.2 Å². The van der Waals surface area contributed by atoms with E-state index in [2.05, 4.69) is 0 Å². The minimum atomic E-state index is -0.441. The van der Waals surface area contributed by atoms with E-state index in [1.54, 1.807) is 37.3 Å². The number of ketones is 2. The molecule has 0 spiro atoms. The van der Waals surface area contributed by atoms with Gasteiger partial charge in [-0.1, -0.05) is 12.1 Å². The van der Waals surface area contributed by atoms with E-state index in [1.807, 2.05) is 0 Å². The van der Waals surface area contributed by atoms with E-state index in [0.717, 1.165) is 0 Å². The summed E-state index contributed by atoms with van der Waals surface area (Å²) in [6.45, 7) is 2.95. The number of hydrogen-bond acceptors (Lipinski definition) is 4. The van der Waals surface area contributed by atoms with Crippen molar-refractivity contribution in [3.05, 3.63) is 63.6 Å². The third-order valence-corrected chi connectivity index (χ3v) is 3.47. The molecule has 1 aromatic carbocycles. The van der Waals surface area contributed by atoms with Crippen LogP contribution in [0.5, 0.6) is 5.75 Å². The number of carbonyl (C=O) groups is 2. The lowest BCUT2D eigenvalue weighted by Crippen LogP contribution is -2.30. The molecule has 114 valence electrons. The number of hydrogen-bond donors (Lipinski definition) is 0. The highest BCUT2D eigenvalue weighted by Crippen LogP contribution is 2.13. The van der Waals surface area contributed by atoms with E-state index < -0.39 is 5.56 Å². The van der Waals surface area contributed by atoms with Crippen LogP contribution in [-0.4, -0.2) is 23.2 Å². The maximum atomic E-state index is 12.4. The Morgan fingerprint density at radius 1 is 1.18 bits per heavy atom. The van der Waals surface area contributed by atoms with Gasteiger partial charge in [0.25, 0.3) is 5.56 Å². The number of aryl methyl sites for hydroxylation is 1. The Hall–Kier alpha value is -2.69. The quantitative estimate of drug-likeness (QED) is 0.794. The number of nitrogens with zero attached hydrogens (tertiary/aromatic N) is 1.